The first-order valence-electron chi connectivity index (χ1n) is 10.0. The highest BCUT2D eigenvalue weighted by molar-refractivity contribution is 6.07. The van der Waals surface area contributed by atoms with Crippen LogP contribution in [0.3, 0.4) is 0 Å². The minimum Gasteiger partial charge on any atom is -0.370 e. The van der Waals surface area contributed by atoms with E-state index in [1.165, 1.54) is 5.56 Å². The Hall–Kier alpha value is -1.45. The summed E-state index contributed by atoms with van der Waals surface area (Å²) in [5, 5.41) is 0. The normalized spacial score (nSPS) is 33.8. The van der Waals surface area contributed by atoms with Crippen molar-refractivity contribution in [2.45, 2.75) is 40.2 Å². The minimum atomic E-state index is -0.168. The molecule has 0 aromatic heterocycles. The van der Waals surface area contributed by atoms with E-state index in [1.54, 1.807) is 0 Å². The number of rotatable bonds is 3. The molecule has 0 radical (unpaired) electrons. The molecule has 0 spiro atoms. The van der Waals surface area contributed by atoms with Gasteiger partial charge in [-0.25, -0.2) is 0 Å². The predicted molar refractivity (Wildman–Crippen MR) is 104 cm³/mol. The van der Waals surface area contributed by atoms with Gasteiger partial charge in [-0.05, 0) is 41.4 Å². The molecule has 2 unspecified atom stereocenters. The van der Waals surface area contributed by atoms with Crippen molar-refractivity contribution in [1.29, 1.82) is 0 Å². The van der Waals surface area contributed by atoms with Gasteiger partial charge in [0.1, 0.15) is 19.6 Å². The van der Waals surface area contributed by atoms with Gasteiger partial charge in [-0.1, -0.05) is 45.0 Å². The molecular weight excluding hydrogens is 322 g/mol. The number of hydrogen-bond donors (Lipinski definition) is 0. The second-order valence-corrected chi connectivity index (χ2v) is 9.65. The van der Waals surface area contributed by atoms with Gasteiger partial charge in [0.05, 0.1) is 20.3 Å². The van der Waals surface area contributed by atoms with Crippen LogP contribution in [0.2, 0.25) is 0 Å². The van der Waals surface area contributed by atoms with Crippen molar-refractivity contribution in [1.82, 2.24) is 0 Å². The Kier molecular flexibility index (Phi) is 4.16. The Labute approximate surface area is 157 Å². The van der Waals surface area contributed by atoms with Gasteiger partial charge in [-0.15, -0.1) is 0 Å². The standard InChI is InChI=1S/C23H32NO2/c1-22(2)20-9-10-23(22,3)21(25)19(20)15-17-5-7-18(8-6-17)16-24(4)11-13-26-14-12-24/h5-8,15,20H,9-14,16H2,1-4H3/q+1. The minimum absolute atomic E-state index is 0.0883. The quantitative estimate of drug-likeness (QED) is 0.604. The van der Waals surface area contributed by atoms with Gasteiger partial charge in [0.15, 0.2) is 5.78 Å². The molecule has 2 atom stereocenters. The number of nitrogens with zero attached hydrogens (tertiary/aromatic N) is 1. The van der Waals surface area contributed by atoms with E-state index in [2.05, 4.69) is 58.2 Å². The second kappa shape index (κ2) is 6.03. The van der Waals surface area contributed by atoms with Crippen molar-refractivity contribution in [2.24, 2.45) is 16.7 Å². The first-order chi connectivity index (χ1) is 12.3. The Morgan fingerprint density at radius 2 is 1.81 bits per heavy atom. The molecule has 3 nitrogen and oxygen atoms in total. The van der Waals surface area contributed by atoms with Crippen molar-refractivity contribution < 1.29 is 14.0 Å². The van der Waals surface area contributed by atoms with E-state index >= 15 is 0 Å². The van der Waals surface area contributed by atoms with E-state index in [0.717, 1.165) is 61.3 Å². The first kappa shape index (κ1) is 17.9. The van der Waals surface area contributed by atoms with Crippen molar-refractivity contribution in [2.75, 3.05) is 33.4 Å². The van der Waals surface area contributed by atoms with E-state index in [0.29, 0.717) is 11.7 Å². The van der Waals surface area contributed by atoms with Gasteiger partial charge in [-0.3, -0.25) is 4.79 Å². The van der Waals surface area contributed by atoms with Crippen LogP contribution in [0.1, 0.15) is 44.7 Å². The SMILES string of the molecule is CC12CCC(C(=Cc3ccc(C[N+]4(C)CCOCC4)cc3)C1=O)C2(C)C. The monoisotopic (exact) mass is 354 g/mol. The molecule has 1 aromatic rings. The van der Waals surface area contributed by atoms with Crippen LogP contribution in [0.4, 0.5) is 0 Å². The van der Waals surface area contributed by atoms with Crippen LogP contribution in [0, 0.1) is 16.7 Å². The lowest BCUT2D eigenvalue weighted by atomic mass is 9.70. The number of quaternary nitrogens is 1. The van der Waals surface area contributed by atoms with E-state index in [4.69, 9.17) is 4.74 Å². The number of morpholine rings is 1. The van der Waals surface area contributed by atoms with E-state index in [1.807, 2.05) is 0 Å². The van der Waals surface area contributed by atoms with Crippen LogP contribution in [0.15, 0.2) is 29.8 Å². The molecule has 140 valence electrons. The fraction of sp³-hybridized carbons (Fsp3) is 0.609. The van der Waals surface area contributed by atoms with E-state index in [9.17, 15) is 4.79 Å². The summed E-state index contributed by atoms with van der Waals surface area (Å²) < 4.78 is 6.55. The summed E-state index contributed by atoms with van der Waals surface area (Å²) in [7, 11) is 2.31. The molecule has 3 heteroatoms. The lowest BCUT2D eigenvalue weighted by molar-refractivity contribution is -0.929. The summed E-state index contributed by atoms with van der Waals surface area (Å²) in [6.45, 7) is 11.7. The molecule has 1 aromatic carbocycles. The Balaban J connectivity index is 1.53. The maximum atomic E-state index is 13.0. The lowest BCUT2D eigenvalue weighted by Crippen LogP contribution is -2.51. The van der Waals surface area contributed by atoms with Crippen LogP contribution in [0.25, 0.3) is 6.08 Å². The van der Waals surface area contributed by atoms with Crippen LogP contribution in [0.5, 0.6) is 0 Å². The van der Waals surface area contributed by atoms with Gasteiger partial charge in [0.25, 0.3) is 0 Å². The fourth-order valence-corrected chi connectivity index (χ4v) is 5.38. The number of carbonyl (C=O) groups excluding carboxylic acids is 1. The van der Waals surface area contributed by atoms with Gasteiger partial charge in [-0.2, -0.15) is 0 Å². The van der Waals surface area contributed by atoms with Gasteiger partial charge >= 0.3 is 0 Å². The number of carbonyl (C=O) groups is 1. The molecule has 2 saturated carbocycles. The topological polar surface area (TPSA) is 26.3 Å². The molecule has 1 aliphatic heterocycles. The third-order valence-corrected chi connectivity index (χ3v) is 7.78. The average molecular weight is 355 g/mol. The lowest BCUT2D eigenvalue weighted by Gasteiger charge is -2.37. The summed E-state index contributed by atoms with van der Waals surface area (Å²) in [5.74, 6) is 0.798. The predicted octanol–water partition coefficient (Wildman–Crippen LogP) is 4.07. The second-order valence-electron chi connectivity index (χ2n) is 9.65. The van der Waals surface area contributed by atoms with Gasteiger partial charge in [0.2, 0.25) is 0 Å². The molecule has 3 aliphatic rings. The Morgan fingerprint density at radius 1 is 1.15 bits per heavy atom. The zero-order valence-electron chi connectivity index (χ0n) is 16.7. The largest absolute Gasteiger partial charge is 0.370 e. The number of allylic oxidation sites excluding steroid dienone is 1. The number of fused-ring (bicyclic) bond motifs is 2. The molecular formula is C23H32NO2+. The van der Waals surface area contributed by atoms with E-state index in [-0.39, 0.29) is 10.8 Å². The summed E-state index contributed by atoms with van der Waals surface area (Å²) in [5.41, 5.74) is 3.50. The average Bonchev–Trinajstić information content (AvgIpc) is 2.91. The zero-order chi connectivity index (χ0) is 18.6. The first-order valence-corrected chi connectivity index (χ1v) is 10.0. The summed E-state index contributed by atoms with van der Waals surface area (Å²) in [6.07, 6.45) is 4.35. The Bertz CT molecular complexity index is 740. The van der Waals surface area contributed by atoms with Crippen LogP contribution in [-0.2, 0) is 16.1 Å². The van der Waals surface area contributed by atoms with Crippen molar-refractivity contribution in [3.8, 4) is 0 Å². The summed E-state index contributed by atoms with van der Waals surface area (Å²) in [6, 6.07) is 8.83. The molecule has 0 N–H and O–H groups in total. The highest BCUT2D eigenvalue weighted by atomic mass is 16.5. The summed E-state index contributed by atoms with van der Waals surface area (Å²) >= 11 is 0. The summed E-state index contributed by atoms with van der Waals surface area (Å²) in [4.78, 5) is 13.0. The zero-order valence-corrected chi connectivity index (χ0v) is 16.7. The third-order valence-electron chi connectivity index (χ3n) is 7.78. The highest BCUT2D eigenvalue weighted by Gasteiger charge is 2.63. The molecule has 2 bridgehead atoms. The smallest absolute Gasteiger partial charge is 0.165 e. The molecule has 0 amide bonds. The number of ketones is 1. The maximum absolute atomic E-state index is 13.0. The number of ether oxygens (including phenoxy) is 1. The fourth-order valence-electron chi connectivity index (χ4n) is 5.38. The van der Waals surface area contributed by atoms with Crippen LogP contribution in [-0.4, -0.2) is 43.6 Å². The Morgan fingerprint density at radius 3 is 2.38 bits per heavy atom. The van der Waals surface area contributed by atoms with Crippen LogP contribution >= 0.6 is 0 Å². The van der Waals surface area contributed by atoms with Crippen molar-refractivity contribution in [3.05, 3.63) is 41.0 Å². The number of likely N-dealkylation sites (N-methyl/N-ethyl adjacent to an activating group) is 1. The van der Waals surface area contributed by atoms with Gasteiger partial charge in [0, 0.05) is 11.0 Å². The molecule has 26 heavy (non-hydrogen) atoms. The van der Waals surface area contributed by atoms with Crippen molar-refractivity contribution in [3.63, 3.8) is 0 Å². The highest BCUT2D eigenvalue weighted by Crippen LogP contribution is 2.65. The molecule has 1 saturated heterocycles. The van der Waals surface area contributed by atoms with E-state index < -0.39 is 0 Å². The third kappa shape index (κ3) is 2.68. The van der Waals surface area contributed by atoms with Gasteiger partial charge < -0.3 is 9.22 Å². The van der Waals surface area contributed by atoms with Crippen molar-refractivity contribution >= 4 is 11.9 Å². The molecule has 3 fully saturated rings. The number of Topliss-reactive ketones (excluding diaryl/α,β-unsaturated/α-hetero) is 1. The van der Waals surface area contributed by atoms with Crippen LogP contribution < -0.4 is 0 Å². The molecule has 2 aliphatic carbocycles. The number of benzene rings is 1. The molecule has 4 rings (SSSR count). The maximum Gasteiger partial charge on any atom is 0.165 e. The molecule has 1 heterocycles. The number of hydrogen-bond acceptors (Lipinski definition) is 2.